The van der Waals surface area contributed by atoms with Crippen LogP contribution >= 0.6 is 0 Å². The molecule has 0 atom stereocenters. The predicted molar refractivity (Wildman–Crippen MR) is 77.5 cm³/mol. The summed E-state index contributed by atoms with van der Waals surface area (Å²) < 4.78 is 18.6. The van der Waals surface area contributed by atoms with Crippen molar-refractivity contribution in [2.75, 3.05) is 19.0 Å². The molecular formula is C14H17FN4O2. The molecule has 21 heavy (non-hydrogen) atoms. The van der Waals surface area contributed by atoms with Gasteiger partial charge in [-0.1, -0.05) is 0 Å². The molecule has 7 heteroatoms. The molecule has 1 aromatic carbocycles. The number of aromatic nitrogens is 2. The predicted octanol–water partition coefficient (Wildman–Crippen LogP) is 1.70. The highest BCUT2D eigenvalue weighted by molar-refractivity contribution is 5.90. The van der Waals surface area contributed by atoms with E-state index in [0.29, 0.717) is 23.3 Å². The van der Waals surface area contributed by atoms with Crippen LogP contribution in [0.25, 0.3) is 10.9 Å². The Hall–Kier alpha value is -2.44. The van der Waals surface area contributed by atoms with E-state index in [9.17, 15) is 9.18 Å². The van der Waals surface area contributed by atoms with Crippen LogP contribution in [0.4, 0.5) is 10.2 Å². The summed E-state index contributed by atoms with van der Waals surface area (Å²) >= 11 is 0. The van der Waals surface area contributed by atoms with E-state index in [-0.39, 0.29) is 5.75 Å². The van der Waals surface area contributed by atoms with Gasteiger partial charge in [-0.25, -0.2) is 14.4 Å². The summed E-state index contributed by atoms with van der Waals surface area (Å²) in [6.45, 7) is 3.76. The smallest absolute Gasteiger partial charge is 0.224 e. The van der Waals surface area contributed by atoms with Crippen LogP contribution in [0, 0.1) is 11.2 Å². The maximum Gasteiger partial charge on any atom is 0.224 e. The first-order chi connectivity index (χ1) is 9.85. The summed E-state index contributed by atoms with van der Waals surface area (Å²) in [6, 6.07) is 2.80. The number of nitrogens with zero attached hydrogens (tertiary/aromatic N) is 2. The van der Waals surface area contributed by atoms with Crippen LogP contribution in [0.5, 0.6) is 5.75 Å². The van der Waals surface area contributed by atoms with E-state index < -0.39 is 17.1 Å². The number of fused-ring (bicyclic) bond motifs is 1. The normalized spacial score (nSPS) is 11.4. The molecule has 3 N–H and O–H groups in total. The second-order valence-electron chi connectivity index (χ2n) is 5.33. The number of primary amides is 1. The van der Waals surface area contributed by atoms with Gasteiger partial charge in [0.25, 0.3) is 0 Å². The third-order valence-corrected chi connectivity index (χ3v) is 3.27. The van der Waals surface area contributed by atoms with Crippen molar-refractivity contribution in [3.05, 3.63) is 24.3 Å². The monoisotopic (exact) mass is 292 g/mol. The van der Waals surface area contributed by atoms with Gasteiger partial charge in [-0.2, -0.15) is 0 Å². The number of nitrogens with one attached hydrogen (secondary N) is 1. The SMILES string of the molecule is COc1cc2c(NCC(C)(C)C(N)=O)ncnc2cc1F. The van der Waals surface area contributed by atoms with Gasteiger partial charge in [-0.3, -0.25) is 4.79 Å². The van der Waals surface area contributed by atoms with Gasteiger partial charge in [0.05, 0.1) is 18.0 Å². The molecule has 0 spiro atoms. The number of amides is 1. The van der Waals surface area contributed by atoms with Crippen LogP contribution in [0.2, 0.25) is 0 Å². The lowest BCUT2D eigenvalue weighted by atomic mass is 9.93. The average Bonchev–Trinajstić information content (AvgIpc) is 2.44. The van der Waals surface area contributed by atoms with Crippen molar-refractivity contribution in [1.82, 2.24) is 9.97 Å². The average molecular weight is 292 g/mol. The minimum Gasteiger partial charge on any atom is -0.494 e. The number of carbonyl (C=O) groups excluding carboxylic acids is 1. The third-order valence-electron chi connectivity index (χ3n) is 3.27. The molecule has 2 rings (SSSR count). The number of hydrogen-bond acceptors (Lipinski definition) is 5. The van der Waals surface area contributed by atoms with E-state index in [0.717, 1.165) is 0 Å². The molecule has 0 saturated heterocycles. The number of ether oxygens (including phenoxy) is 1. The minimum absolute atomic E-state index is 0.106. The molecule has 1 amide bonds. The number of carbonyl (C=O) groups is 1. The summed E-state index contributed by atoms with van der Waals surface area (Å²) in [4.78, 5) is 19.5. The molecule has 0 aliphatic carbocycles. The fraction of sp³-hybridized carbons (Fsp3) is 0.357. The standard InChI is InChI=1S/C14H17FN4O2/c1-14(2,13(16)20)6-17-12-8-4-11(21-3)9(15)5-10(8)18-7-19-12/h4-5,7H,6H2,1-3H3,(H2,16,20)(H,17,18,19). The molecule has 0 bridgehead atoms. The lowest BCUT2D eigenvalue weighted by Crippen LogP contribution is -2.37. The highest BCUT2D eigenvalue weighted by Crippen LogP contribution is 2.28. The van der Waals surface area contributed by atoms with Crippen molar-refractivity contribution in [3.63, 3.8) is 0 Å². The van der Waals surface area contributed by atoms with Crippen molar-refractivity contribution in [2.45, 2.75) is 13.8 Å². The zero-order valence-corrected chi connectivity index (χ0v) is 12.1. The van der Waals surface area contributed by atoms with Gasteiger partial charge in [0.2, 0.25) is 5.91 Å². The van der Waals surface area contributed by atoms with Crippen molar-refractivity contribution < 1.29 is 13.9 Å². The number of anilines is 1. The quantitative estimate of drug-likeness (QED) is 0.875. The van der Waals surface area contributed by atoms with Crippen LogP contribution in [0.1, 0.15) is 13.8 Å². The Balaban J connectivity index is 2.38. The molecule has 0 radical (unpaired) electrons. The van der Waals surface area contributed by atoms with Gasteiger partial charge >= 0.3 is 0 Å². The maximum absolute atomic E-state index is 13.7. The van der Waals surface area contributed by atoms with Crippen LogP contribution in [-0.4, -0.2) is 29.5 Å². The molecule has 0 fully saturated rings. The lowest BCUT2D eigenvalue weighted by Gasteiger charge is -2.21. The van der Waals surface area contributed by atoms with Crippen LogP contribution in [-0.2, 0) is 4.79 Å². The number of hydrogen-bond donors (Lipinski definition) is 2. The van der Waals surface area contributed by atoms with E-state index in [1.54, 1.807) is 13.8 Å². The summed E-state index contributed by atoms with van der Waals surface area (Å²) in [5.74, 6) is -0.314. The number of benzene rings is 1. The molecular weight excluding hydrogens is 275 g/mol. The third kappa shape index (κ3) is 3.01. The molecule has 0 saturated carbocycles. The largest absolute Gasteiger partial charge is 0.494 e. The first kappa shape index (κ1) is 15.0. The summed E-state index contributed by atoms with van der Waals surface area (Å²) in [5, 5.41) is 3.66. The number of halogens is 1. The summed E-state index contributed by atoms with van der Waals surface area (Å²) in [7, 11) is 1.39. The number of methoxy groups -OCH3 is 1. The molecule has 1 heterocycles. The molecule has 2 aromatic rings. The molecule has 6 nitrogen and oxygen atoms in total. The fourth-order valence-corrected chi connectivity index (χ4v) is 1.75. The second-order valence-corrected chi connectivity index (χ2v) is 5.33. The van der Waals surface area contributed by atoms with Gasteiger partial charge in [-0.05, 0) is 19.9 Å². The van der Waals surface area contributed by atoms with E-state index in [1.807, 2.05) is 0 Å². The Morgan fingerprint density at radius 1 is 1.43 bits per heavy atom. The molecule has 112 valence electrons. The minimum atomic E-state index is -0.735. The van der Waals surface area contributed by atoms with Crippen molar-refractivity contribution >= 4 is 22.6 Å². The van der Waals surface area contributed by atoms with Crippen LogP contribution in [0.3, 0.4) is 0 Å². The maximum atomic E-state index is 13.7. The molecule has 0 unspecified atom stereocenters. The lowest BCUT2D eigenvalue weighted by molar-refractivity contribution is -0.125. The first-order valence-electron chi connectivity index (χ1n) is 6.37. The Bertz CT molecular complexity index is 688. The molecule has 1 aromatic heterocycles. The Morgan fingerprint density at radius 2 is 2.14 bits per heavy atom. The number of nitrogens with two attached hydrogens (primary N) is 1. The van der Waals surface area contributed by atoms with Crippen molar-refractivity contribution in [2.24, 2.45) is 11.1 Å². The second kappa shape index (κ2) is 5.51. The topological polar surface area (TPSA) is 90.1 Å². The highest BCUT2D eigenvalue weighted by Gasteiger charge is 2.25. The molecule has 0 aliphatic rings. The van der Waals surface area contributed by atoms with E-state index in [4.69, 9.17) is 10.5 Å². The fourth-order valence-electron chi connectivity index (χ4n) is 1.75. The highest BCUT2D eigenvalue weighted by atomic mass is 19.1. The van der Waals surface area contributed by atoms with Crippen LogP contribution in [0.15, 0.2) is 18.5 Å². The zero-order chi connectivity index (χ0) is 15.6. The van der Waals surface area contributed by atoms with Gasteiger partial charge in [0.15, 0.2) is 11.6 Å². The van der Waals surface area contributed by atoms with Gasteiger partial charge < -0.3 is 15.8 Å². The van der Waals surface area contributed by atoms with E-state index >= 15 is 0 Å². The van der Waals surface area contributed by atoms with E-state index in [2.05, 4.69) is 15.3 Å². The number of rotatable bonds is 5. The summed E-state index contributed by atoms with van der Waals surface area (Å²) in [6.07, 6.45) is 1.33. The Kier molecular flexibility index (Phi) is 3.93. The van der Waals surface area contributed by atoms with Crippen molar-refractivity contribution in [3.8, 4) is 5.75 Å². The Labute approximate surface area is 121 Å². The van der Waals surface area contributed by atoms with Gasteiger partial charge in [0.1, 0.15) is 12.1 Å². The van der Waals surface area contributed by atoms with Crippen molar-refractivity contribution in [1.29, 1.82) is 0 Å². The Morgan fingerprint density at radius 3 is 2.76 bits per heavy atom. The molecule has 0 aliphatic heterocycles. The van der Waals surface area contributed by atoms with E-state index in [1.165, 1.54) is 25.6 Å². The van der Waals surface area contributed by atoms with Crippen LogP contribution < -0.4 is 15.8 Å². The van der Waals surface area contributed by atoms with Gasteiger partial charge in [0, 0.05) is 18.0 Å². The summed E-state index contributed by atoms with van der Waals surface area (Å²) in [5.41, 5.74) is 5.04. The van der Waals surface area contributed by atoms with Gasteiger partial charge in [-0.15, -0.1) is 0 Å². The zero-order valence-electron chi connectivity index (χ0n) is 12.1. The first-order valence-corrected chi connectivity index (χ1v) is 6.37.